The number of allylic oxidation sites excluding steroid dienone is 1. The molecule has 0 bridgehead atoms. The van der Waals surface area contributed by atoms with Gasteiger partial charge in [-0.1, -0.05) is 38.7 Å². The van der Waals surface area contributed by atoms with Crippen LogP contribution in [-0.2, 0) is 19.1 Å². The summed E-state index contributed by atoms with van der Waals surface area (Å²) in [5.41, 5.74) is 0.921. The smallest absolute Gasteiger partial charge is 0.305 e. The average Bonchev–Trinajstić information content (AvgIpc) is 2.37. The van der Waals surface area contributed by atoms with Gasteiger partial charge in [0.2, 0.25) is 0 Å². The number of hydrogen-bond acceptors (Lipinski definition) is 4. The Morgan fingerprint density at radius 2 is 1.65 bits per heavy atom. The van der Waals surface area contributed by atoms with Crippen LogP contribution in [0.3, 0.4) is 0 Å². The Balaban J connectivity index is 2.83. The molecule has 0 spiro atoms. The molecule has 4 nitrogen and oxygen atoms in total. The molecule has 1 aliphatic rings. The van der Waals surface area contributed by atoms with Gasteiger partial charge in [0.15, 0.2) is 0 Å². The molecule has 0 radical (unpaired) electrons. The second kappa shape index (κ2) is 8.77. The fourth-order valence-electron chi connectivity index (χ4n) is 2.65. The van der Waals surface area contributed by atoms with Crippen molar-refractivity contribution in [3.8, 4) is 0 Å². The van der Waals surface area contributed by atoms with Gasteiger partial charge in [0.25, 0.3) is 6.29 Å². The van der Waals surface area contributed by atoms with E-state index >= 15 is 0 Å². The molecule has 4 heteroatoms. The molecule has 0 amide bonds. The lowest BCUT2D eigenvalue weighted by atomic mass is 9.87. The van der Waals surface area contributed by atoms with Crippen molar-refractivity contribution in [3.63, 3.8) is 0 Å². The van der Waals surface area contributed by atoms with Crippen LogP contribution in [0.1, 0.15) is 65.7 Å². The van der Waals surface area contributed by atoms with Gasteiger partial charge in [-0.25, -0.2) is 0 Å². The van der Waals surface area contributed by atoms with E-state index in [0.717, 1.165) is 18.4 Å². The third-order valence-electron chi connectivity index (χ3n) is 3.49. The fourth-order valence-corrected chi connectivity index (χ4v) is 2.65. The molecule has 0 aromatic rings. The summed E-state index contributed by atoms with van der Waals surface area (Å²) in [6.45, 7) is 4.73. The molecule has 0 aromatic heterocycles. The summed E-state index contributed by atoms with van der Waals surface area (Å²) in [6.07, 6.45) is 9.13. The quantitative estimate of drug-likeness (QED) is 0.423. The molecule has 0 N–H and O–H groups in total. The van der Waals surface area contributed by atoms with Crippen LogP contribution in [0, 0.1) is 5.92 Å². The van der Waals surface area contributed by atoms with Gasteiger partial charge in [-0.2, -0.15) is 0 Å². The lowest BCUT2D eigenvalue weighted by Crippen LogP contribution is -2.25. The predicted molar refractivity (Wildman–Crippen MR) is 76.9 cm³/mol. The van der Waals surface area contributed by atoms with Crippen molar-refractivity contribution >= 4 is 11.9 Å². The first-order valence-corrected chi connectivity index (χ1v) is 7.58. The molecule has 114 valence electrons. The normalized spacial score (nSPS) is 17.1. The summed E-state index contributed by atoms with van der Waals surface area (Å²) in [7, 11) is 0. The molecule has 1 aliphatic carbocycles. The summed E-state index contributed by atoms with van der Waals surface area (Å²) in [6, 6.07) is 0. The first kappa shape index (κ1) is 16.7. The zero-order valence-corrected chi connectivity index (χ0v) is 12.8. The van der Waals surface area contributed by atoms with Crippen LogP contribution in [0.2, 0.25) is 0 Å². The van der Waals surface area contributed by atoms with E-state index in [1.807, 2.05) is 0 Å². The topological polar surface area (TPSA) is 52.6 Å². The summed E-state index contributed by atoms with van der Waals surface area (Å²) in [5, 5.41) is 0. The Hall–Kier alpha value is -1.32. The second-order valence-electron chi connectivity index (χ2n) is 5.44. The van der Waals surface area contributed by atoms with E-state index in [1.54, 1.807) is 0 Å². The maximum absolute atomic E-state index is 11.2. The summed E-state index contributed by atoms with van der Waals surface area (Å²) < 4.78 is 10.3. The van der Waals surface area contributed by atoms with Crippen molar-refractivity contribution < 1.29 is 19.1 Å². The lowest BCUT2D eigenvalue weighted by Gasteiger charge is -2.24. The standard InChI is InChI=1S/C16H26O4/c1-4-8-15(11-14-9-6-5-7-10-14)16(19-12(2)17)20-13(3)18/h11,14,16H,4-10H2,1-3H3. The van der Waals surface area contributed by atoms with Crippen LogP contribution >= 0.6 is 0 Å². The van der Waals surface area contributed by atoms with E-state index in [9.17, 15) is 9.59 Å². The molecule has 0 aromatic carbocycles. The maximum Gasteiger partial charge on any atom is 0.305 e. The number of carbonyl (C=O) groups excluding carboxylic acids is 2. The van der Waals surface area contributed by atoms with E-state index in [1.165, 1.54) is 46.0 Å². The number of esters is 2. The van der Waals surface area contributed by atoms with E-state index in [4.69, 9.17) is 9.47 Å². The van der Waals surface area contributed by atoms with Crippen LogP contribution in [0.25, 0.3) is 0 Å². The third kappa shape index (κ3) is 6.22. The van der Waals surface area contributed by atoms with Gasteiger partial charge >= 0.3 is 11.9 Å². The number of rotatable bonds is 6. The number of carbonyl (C=O) groups is 2. The van der Waals surface area contributed by atoms with Gasteiger partial charge in [-0.05, 0) is 25.2 Å². The molecule has 0 unspecified atom stereocenters. The van der Waals surface area contributed by atoms with Crippen molar-refractivity contribution in [3.05, 3.63) is 11.6 Å². The zero-order chi connectivity index (χ0) is 15.0. The van der Waals surface area contributed by atoms with Gasteiger partial charge in [0.05, 0.1) is 0 Å². The molecule has 1 fully saturated rings. The average molecular weight is 282 g/mol. The Kier molecular flexibility index (Phi) is 7.34. The molecule has 20 heavy (non-hydrogen) atoms. The van der Waals surface area contributed by atoms with Gasteiger partial charge in [-0.3, -0.25) is 9.59 Å². The van der Waals surface area contributed by atoms with E-state index in [2.05, 4.69) is 13.0 Å². The first-order chi connectivity index (χ1) is 9.52. The zero-order valence-electron chi connectivity index (χ0n) is 12.8. The van der Waals surface area contributed by atoms with Crippen molar-refractivity contribution in [1.82, 2.24) is 0 Å². The van der Waals surface area contributed by atoms with Gasteiger partial charge in [-0.15, -0.1) is 0 Å². The summed E-state index contributed by atoms with van der Waals surface area (Å²) in [5.74, 6) is -0.345. The fraction of sp³-hybridized carbons (Fsp3) is 0.750. The molecule has 0 atom stereocenters. The molecule has 0 aliphatic heterocycles. The highest BCUT2D eigenvalue weighted by molar-refractivity contribution is 5.68. The number of hydrogen-bond donors (Lipinski definition) is 0. The minimum atomic E-state index is -0.855. The van der Waals surface area contributed by atoms with Crippen molar-refractivity contribution in [2.24, 2.45) is 5.92 Å². The van der Waals surface area contributed by atoms with Crippen LogP contribution < -0.4 is 0 Å². The van der Waals surface area contributed by atoms with Crippen LogP contribution in [0.5, 0.6) is 0 Å². The largest absolute Gasteiger partial charge is 0.421 e. The van der Waals surface area contributed by atoms with Crippen LogP contribution in [0.4, 0.5) is 0 Å². The first-order valence-electron chi connectivity index (χ1n) is 7.58. The Bertz CT molecular complexity index is 337. The molecule has 1 saturated carbocycles. The summed E-state index contributed by atoms with van der Waals surface area (Å²) in [4.78, 5) is 22.4. The minimum absolute atomic E-state index is 0.429. The second-order valence-corrected chi connectivity index (χ2v) is 5.44. The van der Waals surface area contributed by atoms with E-state index < -0.39 is 18.2 Å². The SMILES string of the molecule is CCCC(=CC1CCCCC1)C(OC(C)=O)OC(C)=O. The Labute approximate surface area is 121 Å². The molecular weight excluding hydrogens is 256 g/mol. The van der Waals surface area contributed by atoms with Crippen molar-refractivity contribution in [2.45, 2.75) is 72.0 Å². The molecule has 0 heterocycles. The van der Waals surface area contributed by atoms with Gasteiger partial charge < -0.3 is 9.47 Å². The molecular formula is C16H26O4. The highest BCUT2D eigenvalue weighted by atomic mass is 16.7. The lowest BCUT2D eigenvalue weighted by molar-refractivity contribution is -0.178. The van der Waals surface area contributed by atoms with Crippen molar-refractivity contribution in [1.29, 1.82) is 0 Å². The highest BCUT2D eigenvalue weighted by Gasteiger charge is 2.22. The van der Waals surface area contributed by atoms with Gasteiger partial charge in [0.1, 0.15) is 0 Å². The van der Waals surface area contributed by atoms with Crippen LogP contribution in [0.15, 0.2) is 11.6 Å². The monoisotopic (exact) mass is 282 g/mol. The summed E-state index contributed by atoms with van der Waals surface area (Å²) >= 11 is 0. The predicted octanol–water partition coefficient (Wildman–Crippen LogP) is 3.75. The number of ether oxygens (including phenoxy) is 2. The van der Waals surface area contributed by atoms with E-state index in [0.29, 0.717) is 5.92 Å². The van der Waals surface area contributed by atoms with Crippen LogP contribution in [-0.4, -0.2) is 18.2 Å². The van der Waals surface area contributed by atoms with Gasteiger partial charge in [0, 0.05) is 19.4 Å². The Morgan fingerprint density at radius 1 is 1.10 bits per heavy atom. The highest BCUT2D eigenvalue weighted by Crippen LogP contribution is 2.28. The third-order valence-corrected chi connectivity index (χ3v) is 3.49. The molecule has 1 rings (SSSR count). The minimum Gasteiger partial charge on any atom is -0.421 e. The van der Waals surface area contributed by atoms with E-state index in [-0.39, 0.29) is 0 Å². The Morgan fingerprint density at radius 3 is 2.10 bits per heavy atom. The van der Waals surface area contributed by atoms with Crippen molar-refractivity contribution in [2.75, 3.05) is 0 Å². The molecule has 0 saturated heterocycles. The maximum atomic E-state index is 11.2.